The monoisotopic (exact) mass is 404 g/mol. The fourth-order valence-corrected chi connectivity index (χ4v) is 4.58. The Hall–Kier alpha value is -2.78. The third-order valence-electron chi connectivity index (χ3n) is 4.44. The molecule has 10 heteroatoms. The molecule has 0 bridgehead atoms. The van der Waals surface area contributed by atoms with Crippen LogP contribution in [-0.2, 0) is 24.2 Å². The number of nitrogens with one attached hydrogen (secondary N) is 1. The number of amides is 1. The van der Waals surface area contributed by atoms with Crippen molar-refractivity contribution in [3.63, 3.8) is 0 Å². The number of nitro benzene ring substituents is 1. The third-order valence-corrected chi connectivity index (χ3v) is 5.97. The summed E-state index contributed by atoms with van der Waals surface area (Å²) in [4.78, 5) is 41.6. The topological polar surface area (TPSA) is 107 Å². The van der Waals surface area contributed by atoms with Gasteiger partial charge < -0.3 is 5.32 Å². The molecule has 1 aromatic carbocycles. The first-order valence-corrected chi connectivity index (χ1v) is 9.37. The Morgan fingerprint density at radius 1 is 1.41 bits per heavy atom. The molecule has 0 saturated carbocycles. The molecule has 2 aromatic heterocycles. The van der Waals surface area contributed by atoms with Gasteiger partial charge in [-0.1, -0.05) is 11.6 Å². The van der Waals surface area contributed by atoms with Gasteiger partial charge in [-0.2, -0.15) is 0 Å². The molecule has 1 N–H and O–H groups in total. The summed E-state index contributed by atoms with van der Waals surface area (Å²) in [5, 5.41) is 14.2. The number of aryl methyl sites for hydroxylation is 2. The molecule has 8 nitrogen and oxygen atoms in total. The average molecular weight is 405 g/mol. The molecular formula is C17H13ClN4O4S. The van der Waals surface area contributed by atoms with Crippen LogP contribution in [-0.4, -0.2) is 20.4 Å². The number of carbonyl (C=O) groups is 1. The van der Waals surface area contributed by atoms with E-state index in [1.165, 1.54) is 45.3 Å². The van der Waals surface area contributed by atoms with Crippen molar-refractivity contribution < 1.29 is 9.72 Å². The van der Waals surface area contributed by atoms with Gasteiger partial charge in [0.05, 0.1) is 27.3 Å². The molecule has 0 aliphatic heterocycles. The van der Waals surface area contributed by atoms with Crippen LogP contribution in [0.2, 0.25) is 5.02 Å². The van der Waals surface area contributed by atoms with Crippen molar-refractivity contribution in [3.8, 4) is 0 Å². The highest BCUT2D eigenvalue weighted by Crippen LogP contribution is 2.34. The van der Waals surface area contributed by atoms with E-state index in [1.807, 2.05) is 0 Å². The first-order valence-electron chi connectivity index (χ1n) is 8.17. The fraction of sp³-hybridized carbons (Fsp3) is 0.235. The van der Waals surface area contributed by atoms with Gasteiger partial charge in [0, 0.05) is 17.0 Å². The summed E-state index contributed by atoms with van der Waals surface area (Å²) < 4.78 is 1.24. The summed E-state index contributed by atoms with van der Waals surface area (Å²) in [6.07, 6.45) is 4.19. The molecule has 1 amide bonds. The molecule has 0 radical (unpaired) electrons. The fourth-order valence-electron chi connectivity index (χ4n) is 3.20. The first-order chi connectivity index (χ1) is 12.9. The van der Waals surface area contributed by atoms with Crippen LogP contribution in [0, 0.1) is 10.1 Å². The molecule has 138 valence electrons. The number of hydrogen-bond acceptors (Lipinski definition) is 6. The van der Waals surface area contributed by atoms with Crippen molar-refractivity contribution in [1.82, 2.24) is 9.55 Å². The molecule has 3 aromatic rings. The summed E-state index contributed by atoms with van der Waals surface area (Å²) in [5.74, 6) is -0.521. The number of nitro groups is 1. The summed E-state index contributed by atoms with van der Waals surface area (Å²) in [6, 6.07) is 3.76. The number of halogens is 1. The molecule has 0 atom stereocenters. The van der Waals surface area contributed by atoms with E-state index in [0.29, 0.717) is 10.2 Å². The number of non-ortho nitro benzene ring substituents is 1. The standard InChI is InChI=1S/C17H13ClN4O4S/c18-11-5-4-9(22(25)26)6-12(11)20-14(23)7-21-8-19-16-15(17(21)24)10-2-1-3-13(10)27-16/h4-6,8H,1-3,7H2,(H,20,23). The van der Waals surface area contributed by atoms with Gasteiger partial charge >= 0.3 is 0 Å². The molecule has 0 saturated heterocycles. The third kappa shape index (κ3) is 3.19. The van der Waals surface area contributed by atoms with Gasteiger partial charge in [-0.05, 0) is 30.9 Å². The van der Waals surface area contributed by atoms with Crippen molar-refractivity contribution in [2.75, 3.05) is 5.32 Å². The molecule has 0 spiro atoms. The van der Waals surface area contributed by atoms with Crippen LogP contribution in [0.1, 0.15) is 16.9 Å². The van der Waals surface area contributed by atoms with Gasteiger partial charge in [-0.3, -0.25) is 24.3 Å². The number of carbonyl (C=O) groups excluding carboxylic acids is 1. The van der Waals surface area contributed by atoms with E-state index < -0.39 is 10.8 Å². The van der Waals surface area contributed by atoms with Crippen molar-refractivity contribution in [1.29, 1.82) is 0 Å². The molecule has 0 unspecified atom stereocenters. The molecule has 4 rings (SSSR count). The van der Waals surface area contributed by atoms with Gasteiger partial charge in [-0.15, -0.1) is 11.3 Å². The van der Waals surface area contributed by atoms with Gasteiger partial charge in [-0.25, -0.2) is 4.98 Å². The molecule has 27 heavy (non-hydrogen) atoms. The number of nitrogens with zero attached hydrogens (tertiary/aromatic N) is 3. The Morgan fingerprint density at radius 2 is 2.22 bits per heavy atom. The van der Waals surface area contributed by atoms with E-state index in [0.717, 1.165) is 24.8 Å². The molecule has 2 heterocycles. The van der Waals surface area contributed by atoms with Crippen LogP contribution >= 0.6 is 22.9 Å². The number of rotatable bonds is 4. The van der Waals surface area contributed by atoms with Gasteiger partial charge in [0.15, 0.2) is 0 Å². The van der Waals surface area contributed by atoms with Gasteiger partial charge in [0.1, 0.15) is 11.4 Å². The summed E-state index contributed by atoms with van der Waals surface area (Å²) in [6.45, 7) is -0.259. The van der Waals surface area contributed by atoms with Gasteiger partial charge in [0.2, 0.25) is 5.91 Å². The molecule has 1 aliphatic carbocycles. The second-order valence-electron chi connectivity index (χ2n) is 6.18. The Morgan fingerprint density at radius 3 is 3.00 bits per heavy atom. The quantitative estimate of drug-likeness (QED) is 0.531. The lowest BCUT2D eigenvalue weighted by molar-refractivity contribution is -0.384. The van der Waals surface area contributed by atoms with Crippen LogP contribution in [0.15, 0.2) is 29.3 Å². The largest absolute Gasteiger partial charge is 0.323 e. The number of benzene rings is 1. The second-order valence-corrected chi connectivity index (χ2v) is 7.68. The van der Waals surface area contributed by atoms with E-state index in [4.69, 9.17) is 11.6 Å². The maximum Gasteiger partial charge on any atom is 0.271 e. The van der Waals surface area contributed by atoms with Crippen LogP contribution in [0.25, 0.3) is 10.2 Å². The predicted octanol–water partition coefficient (Wildman–Crippen LogP) is 3.15. The van der Waals surface area contributed by atoms with E-state index in [-0.39, 0.29) is 28.5 Å². The summed E-state index contributed by atoms with van der Waals surface area (Å²) >= 11 is 7.52. The van der Waals surface area contributed by atoms with Crippen LogP contribution < -0.4 is 10.9 Å². The minimum absolute atomic E-state index is 0.120. The minimum Gasteiger partial charge on any atom is -0.323 e. The van der Waals surface area contributed by atoms with E-state index in [1.54, 1.807) is 0 Å². The molecular weight excluding hydrogens is 392 g/mol. The summed E-state index contributed by atoms with van der Waals surface area (Å²) in [7, 11) is 0. The zero-order valence-electron chi connectivity index (χ0n) is 13.9. The van der Waals surface area contributed by atoms with Crippen molar-refractivity contribution >= 4 is 50.4 Å². The van der Waals surface area contributed by atoms with E-state index >= 15 is 0 Å². The average Bonchev–Trinajstić information content (AvgIpc) is 3.20. The van der Waals surface area contributed by atoms with Gasteiger partial charge in [0.25, 0.3) is 11.2 Å². The minimum atomic E-state index is -0.578. The SMILES string of the molecule is O=C(Cn1cnc2sc3c(c2c1=O)CCC3)Nc1cc([N+](=O)[O-])ccc1Cl. The smallest absolute Gasteiger partial charge is 0.271 e. The van der Waals surface area contributed by atoms with Crippen molar-refractivity contribution in [2.24, 2.45) is 0 Å². The van der Waals surface area contributed by atoms with Crippen LogP contribution in [0.4, 0.5) is 11.4 Å². The van der Waals surface area contributed by atoms with E-state index in [2.05, 4.69) is 10.3 Å². The second kappa shape index (κ2) is 6.75. The predicted molar refractivity (Wildman–Crippen MR) is 103 cm³/mol. The number of anilines is 1. The Labute approximate surface area is 161 Å². The van der Waals surface area contributed by atoms with Crippen molar-refractivity contribution in [3.05, 3.63) is 60.5 Å². The van der Waals surface area contributed by atoms with Crippen LogP contribution in [0.5, 0.6) is 0 Å². The Balaban J connectivity index is 1.60. The highest BCUT2D eigenvalue weighted by atomic mass is 35.5. The first kappa shape index (κ1) is 17.6. The number of fused-ring (bicyclic) bond motifs is 3. The number of thiophene rings is 1. The Kier molecular flexibility index (Phi) is 4.40. The zero-order valence-corrected chi connectivity index (χ0v) is 15.5. The van der Waals surface area contributed by atoms with Crippen molar-refractivity contribution in [2.45, 2.75) is 25.8 Å². The highest BCUT2D eigenvalue weighted by molar-refractivity contribution is 7.18. The lowest BCUT2D eigenvalue weighted by Crippen LogP contribution is -2.28. The molecule has 1 aliphatic rings. The lowest BCUT2D eigenvalue weighted by Gasteiger charge is -2.09. The maximum absolute atomic E-state index is 12.8. The van der Waals surface area contributed by atoms with E-state index in [9.17, 15) is 19.7 Å². The maximum atomic E-state index is 12.8. The normalized spacial score (nSPS) is 12.9. The number of aromatic nitrogens is 2. The Bertz CT molecular complexity index is 1150. The zero-order chi connectivity index (χ0) is 19.1. The lowest BCUT2D eigenvalue weighted by atomic mass is 10.2. The van der Waals surface area contributed by atoms with Crippen LogP contribution in [0.3, 0.4) is 0 Å². The summed E-state index contributed by atoms with van der Waals surface area (Å²) in [5.41, 5.74) is 0.724. The molecule has 0 fully saturated rings. The highest BCUT2D eigenvalue weighted by Gasteiger charge is 2.22. The number of hydrogen-bond donors (Lipinski definition) is 1.